The summed E-state index contributed by atoms with van der Waals surface area (Å²) in [6.07, 6.45) is 2.08. The van der Waals surface area contributed by atoms with E-state index in [4.69, 9.17) is 16.1 Å². The average molecular weight is 320 g/mol. The van der Waals surface area contributed by atoms with E-state index in [9.17, 15) is 4.79 Å². The van der Waals surface area contributed by atoms with E-state index in [-0.39, 0.29) is 11.7 Å². The van der Waals surface area contributed by atoms with Crippen LogP contribution in [-0.2, 0) is 0 Å². The number of halogens is 1. The van der Waals surface area contributed by atoms with Gasteiger partial charge in [0.1, 0.15) is 5.69 Å². The number of carbonyl (C=O) groups is 1. The number of rotatable bonds is 3. The SMILES string of the molecule is CNC1CCCN(C(=O)c2cc(-c3cccc(Cl)c3)no2)C1. The fourth-order valence-corrected chi connectivity index (χ4v) is 2.90. The van der Waals surface area contributed by atoms with E-state index >= 15 is 0 Å². The maximum atomic E-state index is 12.5. The Bertz CT molecular complexity index is 671. The zero-order valence-corrected chi connectivity index (χ0v) is 13.1. The standard InChI is InChI=1S/C16H18ClN3O2/c1-18-13-6-3-7-20(10-13)16(21)15-9-14(19-22-15)11-4-2-5-12(17)8-11/h2,4-5,8-9,13,18H,3,6-7,10H2,1H3. The molecule has 1 N–H and O–H groups in total. The lowest BCUT2D eigenvalue weighted by Gasteiger charge is -2.31. The van der Waals surface area contributed by atoms with Crippen molar-refractivity contribution in [2.24, 2.45) is 0 Å². The summed E-state index contributed by atoms with van der Waals surface area (Å²) < 4.78 is 5.24. The van der Waals surface area contributed by atoms with E-state index < -0.39 is 0 Å². The third-order valence-electron chi connectivity index (χ3n) is 3.96. The summed E-state index contributed by atoms with van der Waals surface area (Å²) in [5.41, 5.74) is 1.45. The second-order valence-electron chi connectivity index (χ2n) is 5.47. The second-order valence-corrected chi connectivity index (χ2v) is 5.90. The van der Waals surface area contributed by atoms with Gasteiger partial charge >= 0.3 is 0 Å². The van der Waals surface area contributed by atoms with Gasteiger partial charge in [-0.15, -0.1) is 0 Å². The summed E-state index contributed by atoms with van der Waals surface area (Å²) in [5, 5.41) is 7.83. The number of likely N-dealkylation sites (tertiary alicyclic amines) is 1. The van der Waals surface area contributed by atoms with Gasteiger partial charge in [-0.3, -0.25) is 4.79 Å². The van der Waals surface area contributed by atoms with Gasteiger partial charge in [0.05, 0.1) is 0 Å². The van der Waals surface area contributed by atoms with Crippen molar-refractivity contribution in [1.29, 1.82) is 0 Å². The highest BCUT2D eigenvalue weighted by Gasteiger charge is 2.26. The molecule has 0 radical (unpaired) electrons. The fraction of sp³-hybridized carbons (Fsp3) is 0.375. The molecule has 0 aliphatic carbocycles. The summed E-state index contributed by atoms with van der Waals surface area (Å²) in [6, 6.07) is 9.34. The van der Waals surface area contributed by atoms with Crippen molar-refractivity contribution >= 4 is 17.5 Å². The van der Waals surface area contributed by atoms with Gasteiger partial charge < -0.3 is 14.7 Å². The number of hydrogen-bond donors (Lipinski definition) is 1. The molecule has 6 heteroatoms. The zero-order valence-electron chi connectivity index (χ0n) is 12.4. The number of amides is 1. The summed E-state index contributed by atoms with van der Waals surface area (Å²) in [6.45, 7) is 1.45. The van der Waals surface area contributed by atoms with Crippen molar-refractivity contribution in [2.75, 3.05) is 20.1 Å². The maximum absolute atomic E-state index is 12.5. The number of piperidine rings is 1. The molecule has 22 heavy (non-hydrogen) atoms. The third-order valence-corrected chi connectivity index (χ3v) is 4.19. The van der Waals surface area contributed by atoms with Crippen molar-refractivity contribution in [3.63, 3.8) is 0 Å². The molecule has 0 spiro atoms. The quantitative estimate of drug-likeness (QED) is 0.945. The Hall–Kier alpha value is -1.85. The first kappa shape index (κ1) is 15.1. The van der Waals surface area contributed by atoms with Crippen molar-refractivity contribution in [3.05, 3.63) is 41.1 Å². The average Bonchev–Trinajstić information content (AvgIpc) is 3.04. The van der Waals surface area contributed by atoms with Crippen LogP contribution < -0.4 is 5.32 Å². The highest BCUT2D eigenvalue weighted by molar-refractivity contribution is 6.30. The summed E-state index contributed by atoms with van der Waals surface area (Å²) in [5.74, 6) is 0.160. The zero-order chi connectivity index (χ0) is 15.5. The van der Waals surface area contributed by atoms with Crippen molar-refractivity contribution in [2.45, 2.75) is 18.9 Å². The van der Waals surface area contributed by atoms with Crippen LogP contribution >= 0.6 is 11.6 Å². The number of carbonyl (C=O) groups excluding carboxylic acids is 1. The van der Waals surface area contributed by atoms with Gasteiger partial charge in [0, 0.05) is 35.8 Å². The molecule has 1 atom stereocenters. The summed E-state index contributed by atoms with van der Waals surface area (Å²) in [4.78, 5) is 14.3. The van der Waals surface area contributed by atoms with Gasteiger partial charge in [0.2, 0.25) is 5.76 Å². The lowest BCUT2D eigenvalue weighted by Crippen LogP contribution is -2.46. The van der Waals surface area contributed by atoms with Crippen LogP contribution in [0.15, 0.2) is 34.9 Å². The van der Waals surface area contributed by atoms with Gasteiger partial charge in [0.15, 0.2) is 0 Å². The van der Waals surface area contributed by atoms with E-state index in [1.165, 1.54) is 0 Å². The second kappa shape index (κ2) is 6.50. The maximum Gasteiger partial charge on any atom is 0.292 e. The Kier molecular flexibility index (Phi) is 4.45. The number of nitrogens with zero attached hydrogens (tertiary/aromatic N) is 2. The van der Waals surface area contributed by atoms with Crippen LogP contribution in [0.5, 0.6) is 0 Å². The molecule has 1 aliphatic rings. The van der Waals surface area contributed by atoms with Gasteiger partial charge in [-0.05, 0) is 32.0 Å². The van der Waals surface area contributed by atoms with Crippen LogP contribution in [-0.4, -0.2) is 42.1 Å². The van der Waals surface area contributed by atoms with Crippen molar-refractivity contribution in [3.8, 4) is 11.3 Å². The smallest absolute Gasteiger partial charge is 0.292 e. The first-order chi connectivity index (χ1) is 10.7. The highest BCUT2D eigenvalue weighted by Crippen LogP contribution is 2.23. The van der Waals surface area contributed by atoms with E-state index in [0.717, 1.165) is 24.9 Å². The first-order valence-electron chi connectivity index (χ1n) is 7.36. The molecular weight excluding hydrogens is 302 g/mol. The van der Waals surface area contributed by atoms with Crippen LogP contribution in [0.4, 0.5) is 0 Å². The van der Waals surface area contributed by atoms with E-state index in [0.29, 0.717) is 23.3 Å². The number of nitrogens with one attached hydrogen (secondary N) is 1. The van der Waals surface area contributed by atoms with Gasteiger partial charge in [-0.2, -0.15) is 0 Å². The molecule has 1 saturated heterocycles. The molecule has 0 saturated carbocycles. The summed E-state index contributed by atoms with van der Waals surface area (Å²) in [7, 11) is 1.92. The molecular formula is C16H18ClN3O2. The molecule has 2 aromatic rings. The number of benzene rings is 1. The number of hydrogen-bond acceptors (Lipinski definition) is 4. The topological polar surface area (TPSA) is 58.4 Å². The Labute approximate surface area is 134 Å². The molecule has 0 bridgehead atoms. The third kappa shape index (κ3) is 3.15. The lowest BCUT2D eigenvalue weighted by atomic mass is 10.1. The van der Waals surface area contributed by atoms with E-state index in [2.05, 4.69) is 10.5 Å². The van der Waals surface area contributed by atoms with Crippen molar-refractivity contribution in [1.82, 2.24) is 15.4 Å². The Morgan fingerprint density at radius 1 is 1.45 bits per heavy atom. The fourth-order valence-electron chi connectivity index (χ4n) is 2.71. The van der Waals surface area contributed by atoms with Crippen molar-refractivity contribution < 1.29 is 9.32 Å². The number of likely N-dealkylation sites (N-methyl/N-ethyl adjacent to an activating group) is 1. The molecule has 1 aromatic heterocycles. The molecule has 1 unspecified atom stereocenters. The molecule has 1 amide bonds. The minimum atomic E-state index is -0.110. The molecule has 1 aliphatic heterocycles. The molecule has 116 valence electrons. The predicted octanol–water partition coefficient (Wildman–Crippen LogP) is 2.82. The highest BCUT2D eigenvalue weighted by atomic mass is 35.5. The van der Waals surface area contributed by atoms with Crippen LogP contribution in [0.1, 0.15) is 23.4 Å². The summed E-state index contributed by atoms with van der Waals surface area (Å²) >= 11 is 5.98. The normalized spacial score (nSPS) is 18.5. The first-order valence-corrected chi connectivity index (χ1v) is 7.74. The minimum absolute atomic E-state index is 0.110. The molecule has 3 rings (SSSR count). The van der Waals surface area contributed by atoms with Crippen LogP contribution in [0.25, 0.3) is 11.3 Å². The van der Waals surface area contributed by atoms with Crippen LogP contribution in [0.3, 0.4) is 0 Å². The van der Waals surface area contributed by atoms with Gasteiger partial charge in [0.25, 0.3) is 5.91 Å². The molecule has 1 fully saturated rings. The molecule has 5 nitrogen and oxygen atoms in total. The Morgan fingerprint density at radius 3 is 3.09 bits per heavy atom. The molecule has 2 heterocycles. The Morgan fingerprint density at radius 2 is 2.32 bits per heavy atom. The predicted molar refractivity (Wildman–Crippen MR) is 84.9 cm³/mol. The van der Waals surface area contributed by atoms with Crippen LogP contribution in [0, 0.1) is 0 Å². The lowest BCUT2D eigenvalue weighted by molar-refractivity contribution is 0.0656. The monoisotopic (exact) mass is 319 g/mol. The Balaban J connectivity index is 1.77. The largest absolute Gasteiger partial charge is 0.350 e. The van der Waals surface area contributed by atoms with E-state index in [1.54, 1.807) is 18.2 Å². The van der Waals surface area contributed by atoms with Gasteiger partial charge in [-0.1, -0.05) is 28.9 Å². The minimum Gasteiger partial charge on any atom is -0.350 e. The number of aromatic nitrogens is 1. The van der Waals surface area contributed by atoms with E-state index in [1.807, 2.05) is 24.1 Å². The van der Waals surface area contributed by atoms with Crippen LogP contribution in [0.2, 0.25) is 5.02 Å². The van der Waals surface area contributed by atoms with Gasteiger partial charge in [-0.25, -0.2) is 0 Å². The molecule has 1 aromatic carbocycles.